The van der Waals surface area contributed by atoms with E-state index in [4.69, 9.17) is 0 Å². The standard InChI is InChI=1S/C40H25NS2/c1-2-9-26(10-3-1)27-17-19-28(20-18-27)41(29-21-24-39-35(25-29)32-12-5-6-15-37(32)42-39)36-14-8-13-33-30(36)22-23-34-31-11-4-7-16-38(31)43-40(33)34/h1-25H. The molecule has 7 aromatic carbocycles. The number of nitrogens with zero attached hydrogens (tertiary/aromatic N) is 1. The minimum Gasteiger partial charge on any atom is -0.310 e. The maximum Gasteiger partial charge on any atom is 0.0540 e. The van der Waals surface area contributed by atoms with Gasteiger partial charge in [-0.15, -0.1) is 22.7 Å². The van der Waals surface area contributed by atoms with Crippen LogP contribution >= 0.6 is 22.7 Å². The minimum absolute atomic E-state index is 1.14. The predicted molar refractivity (Wildman–Crippen MR) is 190 cm³/mol. The van der Waals surface area contributed by atoms with Crippen LogP contribution in [0.1, 0.15) is 0 Å². The largest absolute Gasteiger partial charge is 0.310 e. The number of benzene rings is 7. The lowest BCUT2D eigenvalue weighted by Crippen LogP contribution is -2.10. The van der Waals surface area contributed by atoms with Crippen molar-refractivity contribution >= 4 is 90.9 Å². The summed E-state index contributed by atoms with van der Waals surface area (Å²) in [6.07, 6.45) is 0. The van der Waals surface area contributed by atoms with Crippen molar-refractivity contribution < 1.29 is 0 Å². The van der Waals surface area contributed by atoms with Crippen LogP contribution in [-0.2, 0) is 0 Å². The molecule has 0 aliphatic rings. The van der Waals surface area contributed by atoms with E-state index >= 15 is 0 Å². The van der Waals surface area contributed by atoms with Gasteiger partial charge in [-0.1, -0.05) is 103 Å². The van der Waals surface area contributed by atoms with Crippen LogP contribution in [0, 0.1) is 0 Å². The van der Waals surface area contributed by atoms with Gasteiger partial charge in [0, 0.05) is 62.5 Å². The number of anilines is 3. The fraction of sp³-hybridized carbons (Fsp3) is 0. The second kappa shape index (κ2) is 9.81. The summed E-state index contributed by atoms with van der Waals surface area (Å²) in [5, 5.41) is 7.83. The Kier molecular flexibility index (Phi) is 5.62. The fourth-order valence-corrected chi connectivity index (χ4v) is 8.75. The zero-order valence-electron chi connectivity index (χ0n) is 23.2. The van der Waals surface area contributed by atoms with Gasteiger partial charge >= 0.3 is 0 Å². The van der Waals surface area contributed by atoms with Crippen molar-refractivity contribution in [2.24, 2.45) is 0 Å². The topological polar surface area (TPSA) is 3.24 Å². The van der Waals surface area contributed by atoms with Gasteiger partial charge in [0.1, 0.15) is 0 Å². The molecule has 0 radical (unpaired) electrons. The first-order valence-electron chi connectivity index (χ1n) is 14.5. The molecule has 0 amide bonds. The molecule has 0 fully saturated rings. The Morgan fingerprint density at radius 2 is 0.930 bits per heavy atom. The third kappa shape index (κ3) is 3.97. The van der Waals surface area contributed by atoms with Crippen molar-refractivity contribution in [3.05, 3.63) is 152 Å². The summed E-state index contributed by atoms with van der Waals surface area (Å²) in [5.41, 5.74) is 5.93. The number of hydrogen-bond acceptors (Lipinski definition) is 3. The third-order valence-electron chi connectivity index (χ3n) is 8.47. The van der Waals surface area contributed by atoms with E-state index in [1.165, 1.54) is 67.9 Å². The first-order valence-corrected chi connectivity index (χ1v) is 16.1. The van der Waals surface area contributed by atoms with Crippen molar-refractivity contribution in [2.45, 2.75) is 0 Å². The van der Waals surface area contributed by atoms with Crippen molar-refractivity contribution in [3.8, 4) is 11.1 Å². The lowest BCUT2D eigenvalue weighted by molar-refractivity contribution is 1.31. The fourth-order valence-electron chi connectivity index (χ4n) is 6.43. The highest BCUT2D eigenvalue weighted by Crippen LogP contribution is 2.45. The maximum atomic E-state index is 2.43. The molecule has 2 aromatic heterocycles. The van der Waals surface area contributed by atoms with Crippen LogP contribution in [0.4, 0.5) is 17.1 Å². The van der Waals surface area contributed by atoms with Gasteiger partial charge in [0.15, 0.2) is 0 Å². The highest BCUT2D eigenvalue weighted by atomic mass is 32.1. The van der Waals surface area contributed by atoms with Crippen LogP contribution in [-0.4, -0.2) is 0 Å². The zero-order chi connectivity index (χ0) is 28.3. The third-order valence-corrected chi connectivity index (χ3v) is 10.8. The monoisotopic (exact) mass is 583 g/mol. The highest BCUT2D eigenvalue weighted by molar-refractivity contribution is 7.26. The Morgan fingerprint density at radius 1 is 0.349 bits per heavy atom. The van der Waals surface area contributed by atoms with Gasteiger partial charge in [-0.3, -0.25) is 0 Å². The van der Waals surface area contributed by atoms with Gasteiger partial charge in [-0.05, 0) is 59.7 Å². The zero-order valence-corrected chi connectivity index (χ0v) is 24.8. The lowest BCUT2D eigenvalue weighted by Gasteiger charge is -2.27. The molecule has 1 nitrogen and oxygen atoms in total. The molecule has 0 aliphatic heterocycles. The summed E-state index contributed by atoms with van der Waals surface area (Å²) >= 11 is 3.75. The average Bonchev–Trinajstić information content (AvgIpc) is 3.64. The molecule has 0 spiro atoms. The Hall–Kier alpha value is -4.96. The first-order chi connectivity index (χ1) is 21.3. The Labute approximate surface area is 257 Å². The molecule has 0 saturated heterocycles. The molecule has 0 saturated carbocycles. The second-order valence-corrected chi connectivity index (χ2v) is 13.1. The number of rotatable bonds is 4. The van der Waals surface area contributed by atoms with E-state index in [-0.39, 0.29) is 0 Å². The first kappa shape index (κ1) is 24.6. The van der Waals surface area contributed by atoms with Crippen LogP contribution in [0.3, 0.4) is 0 Å². The van der Waals surface area contributed by atoms with Crippen LogP contribution in [0.15, 0.2) is 152 Å². The van der Waals surface area contributed by atoms with Crippen LogP contribution in [0.5, 0.6) is 0 Å². The molecule has 0 atom stereocenters. The normalized spacial score (nSPS) is 11.7. The molecule has 0 aliphatic carbocycles. The molecule has 3 heteroatoms. The van der Waals surface area contributed by atoms with Crippen molar-refractivity contribution in [3.63, 3.8) is 0 Å². The van der Waals surface area contributed by atoms with Crippen molar-refractivity contribution in [1.29, 1.82) is 0 Å². The second-order valence-electron chi connectivity index (χ2n) is 10.9. The van der Waals surface area contributed by atoms with Crippen LogP contribution < -0.4 is 4.90 Å². The summed E-state index contributed by atoms with van der Waals surface area (Å²) < 4.78 is 5.32. The Balaban J connectivity index is 1.29. The maximum absolute atomic E-state index is 2.43. The van der Waals surface area contributed by atoms with Gasteiger partial charge in [-0.25, -0.2) is 0 Å². The predicted octanol–water partition coefficient (Wildman–Crippen LogP) is 12.7. The van der Waals surface area contributed by atoms with E-state index < -0.39 is 0 Å². The SMILES string of the molecule is c1ccc(-c2ccc(N(c3ccc4sc5ccccc5c4c3)c3cccc4c3ccc3c5ccccc5sc43)cc2)cc1. The molecule has 0 unspecified atom stereocenters. The molecule has 0 bridgehead atoms. The molecule has 9 aromatic rings. The van der Waals surface area contributed by atoms with Crippen LogP contribution in [0.2, 0.25) is 0 Å². The smallest absolute Gasteiger partial charge is 0.0540 e. The van der Waals surface area contributed by atoms with E-state index in [0.717, 1.165) is 11.4 Å². The lowest BCUT2D eigenvalue weighted by atomic mass is 10.0. The quantitative estimate of drug-likeness (QED) is 0.199. The van der Waals surface area contributed by atoms with Crippen molar-refractivity contribution in [1.82, 2.24) is 0 Å². The molecular formula is C40H25NS2. The van der Waals surface area contributed by atoms with E-state index in [0.29, 0.717) is 0 Å². The Morgan fingerprint density at radius 3 is 1.74 bits per heavy atom. The summed E-state index contributed by atoms with van der Waals surface area (Å²) in [4.78, 5) is 2.43. The van der Waals surface area contributed by atoms with E-state index in [1.54, 1.807) is 0 Å². The number of fused-ring (bicyclic) bond motifs is 8. The Bertz CT molecular complexity index is 2450. The minimum atomic E-state index is 1.14. The summed E-state index contributed by atoms with van der Waals surface area (Å²) in [5.74, 6) is 0. The molecule has 9 rings (SSSR count). The average molecular weight is 584 g/mol. The van der Waals surface area contributed by atoms with E-state index in [2.05, 4.69) is 157 Å². The summed E-state index contributed by atoms with van der Waals surface area (Å²) in [6.45, 7) is 0. The van der Waals surface area contributed by atoms with Crippen molar-refractivity contribution in [2.75, 3.05) is 4.90 Å². The van der Waals surface area contributed by atoms with Crippen LogP contribution in [0.25, 0.3) is 62.2 Å². The molecular weight excluding hydrogens is 559 g/mol. The van der Waals surface area contributed by atoms with Gasteiger partial charge in [0.2, 0.25) is 0 Å². The van der Waals surface area contributed by atoms with Gasteiger partial charge in [-0.2, -0.15) is 0 Å². The summed E-state index contributed by atoms with van der Waals surface area (Å²) in [6, 6.07) is 55.4. The highest BCUT2D eigenvalue weighted by Gasteiger charge is 2.19. The number of hydrogen-bond donors (Lipinski definition) is 0. The number of thiophene rings is 2. The molecule has 202 valence electrons. The van der Waals surface area contributed by atoms with Gasteiger partial charge in [0.05, 0.1) is 5.69 Å². The van der Waals surface area contributed by atoms with Gasteiger partial charge in [0.25, 0.3) is 0 Å². The van der Waals surface area contributed by atoms with Gasteiger partial charge < -0.3 is 4.90 Å². The molecule has 0 N–H and O–H groups in total. The molecule has 2 heterocycles. The molecule has 43 heavy (non-hydrogen) atoms. The van der Waals surface area contributed by atoms with E-state index in [9.17, 15) is 0 Å². The van der Waals surface area contributed by atoms with E-state index in [1.807, 2.05) is 22.7 Å². The summed E-state index contributed by atoms with van der Waals surface area (Å²) in [7, 11) is 0.